The van der Waals surface area contributed by atoms with E-state index in [0.717, 1.165) is 21.8 Å². The number of hydrogen-bond donors (Lipinski definition) is 0. The molecule has 1 aromatic heterocycles. The molecule has 1 aromatic carbocycles. The molecule has 2 aromatic rings. The van der Waals surface area contributed by atoms with Gasteiger partial charge in [-0.25, -0.2) is 0 Å². The molecule has 0 aliphatic rings. The van der Waals surface area contributed by atoms with E-state index in [2.05, 4.69) is 33.4 Å². The predicted molar refractivity (Wildman–Crippen MR) is 63.9 cm³/mol. The summed E-state index contributed by atoms with van der Waals surface area (Å²) in [5.41, 5.74) is 3.15. The number of rotatable bonds is 1. The highest BCUT2D eigenvalue weighted by Crippen LogP contribution is 2.30. The molecular formula is C11H8BrNS. The van der Waals surface area contributed by atoms with Crippen LogP contribution in [-0.2, 0) is 5.33 Å². The second kappa shape index (κ2) is 3.72. The van der Waals surface area contributed by atoms with Gasteiger partial charge in [0, 0.05) is 15.4 Å². The summed E-state index contributed by atoms with van der Waals surface area (Å²) >= 11 is 5.11. The molecule has 0 aliphatic carbocycles. The number of benzene rings is 1. The molecule has 0 bridgehead atoms. The van der Waals surface area contributed by atoms with Crippen LogP contribution in [0, 0.1) is 18.3 Å². The van der Waals surface area contributed by atoms with Crippen molar-refractivity contribution in [3.63, 3.8) is 0 Å². The van der Waals surface area contributed by atoms with Crippen LogP contribution in [-0.4, -0.2) is 0 Å². The average Bonchev–Trinajstić information content (AvgIpc) is 2.59. The quantitative estimate of drug-likeness (QED) is 0.716. The Morgan fingerprint density at radius 3 is 2.93 bits per heavy atom. The zero-order chi connectivity index (χ0) is 10.1. The first-order valence-electron chi connectivity index (χ1n) is 4.23. The predicted octanol–water partition coefficient (Wildman–Crippen LogP) is 3.98. The molecule has 0 aliphatic heterocycles. The summed E-state index contributed by atoms with van der Waals surface area (Å²) in [5, 5.41) is 13.1. The zero-order valence-electron chi connectivity index (χ0n) is 7.67. The molecular weight excluding hydrogens is 258 g/mol. The largest absolute Gasteiger partial charge is 0.192 e. The van der Waals surface area contributed by atoms with Crippen LogP contribution in [0.15, 0.2) is 17.5 Å². The van der Waals surface area contributed by atoms with Crippen LogP contribution in [0.3, 0.4) is 0 Å². The summed E-state index contributed by atoms with van der Waals surface area (Å²) in [6, 6.07) is 6.35. The fraction of sp³-hybridized carbons (Fsp3) is 0.182. The lowest BCUT2D eigenvalue weighted by atomic mass is 10.1. The van der Waals surface area contributed by atoms with Crippen molar-refractivity contribution < 1.29 is 0 Å². The molecule has 0 N–H and O–H groups in total. The van der Waals surface area contributed by atoms with Crippen molar-refractivity contribution in [2.24, 2.45) is 0 Å². The van der Waals surface area contributed by atoms with Crippen LogP contribution in [0.2, 0.25) is 0 Å². The van der Waals surface area contributed by atoms with Gasteiger partial charge in [0.15, 0.2) is 0 Å². The monoisotopic (exact) mass is 265 g/mol. The molecule has 0 fully saturated rings. The van der Waals surface area contributed by atoms with E-state index in [1.807, 2.05) is 13.0 Å². The molecule has 70 valence electrons. The molecule has 0 spiro atoms. The Morgan fingerprint density at radius 1 is 1.50 bits per heavy atom. The number of nitrogens with zero attached hydrogens (tertiary/aromatic N) is 1. The van der Waals surface area contributed by atoms with Gasteiger partial charge < -0.3 is 0 Å². The molecule has 0 saturated heterocycles. The van der Waals surface area contributed by atoms with Crippen LogP contribution < -0.4 is 0 Å². The smallest absolute Gasteiger partial charge is 0.0998 e. The number of nitriles is 1. The van der Waals surface area contributed by atoms with Gasteiger partial charge in [-0.3, -0.25) is 0 Å². The normalized spacial score (nSPS) is 10.4. The fourth-order valence-electron chi connectivity index (χ4n) is 1.55. The maximum Gasteiger partial charge on any atom is 0.0998 e. The third kappa shape index (κ3) is 1.45. The second-order valence-electron chi connectivity index (χ2n) is 3.18. The van der Waals surface area contributed by atoms with E-state index in [-0.39, 0.29) is 0 Å². The Kier molecular flexibility index (Phi) is 2.58. The van der Waals surface area contributed by atoms with Crippen molar-refractivity contribution in [3.8, 4) is 6.07 Å². The minimum Gasteiger partial charge on any atom is -0.192 e. The van der Waals surface area contributed by atoms with E-state index in [4.69, 9.17) is 5.26 Å². The number of halogens is 1. The van der Waals surface area contributed by atoms with Gasteiger partial charge in [0.2, 0.25) is 0 Å². The van der Waals surface area contributed by atoms with Gasteiger partial charge in [0.05, 0.1) is 11.6 Å². The molecule has 1 nitrogen and oxygen atoms in total. The summed E-state index contributed by atoms with van der Waals surface area (Å²) in [6.07, 6.45) is 0. The summed E-state index contributed by atoms with van der Waals surface area (Å²) in [7, 11) is 0. The molecule has 0 unspecified atom stereocenters. The Bertz CT molecular complexity index is 522. The highest BCUT2D eigenvalue weighted by molar-refractivity contribution is 9.08. The molecule has 0 atom stereocenters. The highest BCUT2D eigenvalue weighted by atomic mass is 79.9. The Balaban J connectivity index is 2.84. The number of alkyl halides is 1. The Labute approximate surface area is 95.1 Å². The van der Waals surface area contributed by atoms with Crippen molar-refractivity contribution in [2.75, 3.05) is 0 Å². The minimum absolute atomic E-state index is 0.788. The van der Waals surface area contributed by atoms with E-state index in [0.29, 0.717) is 0 Å². The fourth-order valence-corrected chi connectivity index (χ4v) is 2.90. The van der Waals surface area contributed by atoms with Crippen LogP contribution in [0.25, 0.3) is 10.1 Å². The topological polar surface area (TPSA) is 23.8 Å². The first kappa shape index (κ1) is 9.70. The Hall–Kier alpha value is -0.850. The summed E-state index contributed by atoms with van der Waals surface area (Å²) in [4.78, 5) is 0. The summed E-state index contributed by atoms with van der Waals surface area (Å²) < 4.78 is 1.20. The van der Waals surface area contributed by atoms with E-state index >= 15 is 0 Å². The number of fused-ring (bicyclic) bond motifs is 1. The van der Waals surface area contributed by atoms with Crippen molar-refractivity contribution in [3.05, 3.63) is 34.2 Å². The van der Waals surface area contributed by atoms with Crippen LogP contribution in [0.4, 0.5) is 0 Å². The average molecular weight is 266 g/mol. The maximum atomic E-state index is 9.04. The highest BCUT2D eigenvalue weighted by Gasteiger charge is 2.07. The van der Waals surface area contributed by atoms with E-state index in [9.17, 15) is 0 Å². The number of hydrogen-bond acceptors (Lipinski definition) is 2. The van der Waals surface area contributed by atoms with Crippen molar-refractivity contribution in [1.82, 2.24) is 0 Å². The first-order valence-corrected chi connectivity index (χ1v) is 6.23. The van der Waals surface area contributed by atoms with Crippen LogP contribution in [0.1, 0.15) is 16.7 Å². The van der Waals surface area contributed by atoms with E-state index in [1.54, 1.807) is 11.3 Å². The van der Waals surface area contributed by atoms with Gasteiger partial charge in [-0.2, -0.15) is 5.26 Å². The molecule has 0 amide bonds. The first-order chi connectivity index (χ1) is 6.76. The van der Waals surface area contributed by atoms with Gasteiger partial charge in [0.25, 0.3) is 0 Å². The lowest BCUT2D eigenvalue weighted by molar-refractivity contribution is 1.43. The van der Waals surface area contributed by atoms with E-state index in [1.165, 1.54) is 10.3 Å². The number of thiophene rings is 1. The number of aryl methyl sites for hydroxylation is 1. The molecule has 0 saturated carbocycles. The second-order valence-corrected chi connectivity index (χ2v) is 4.65. The zero-order valence-corrected chi connectivity index (χ0v) is 10.1. The van der Waals surface area contributed by atoms with Crippen molar-refractivity contribution >= 4 is 37.4 Å². The summed E-state index contributed by atoms with van der Waals surface area (Å²) in [6.45, 7) is 2.05. The van der Waals surface area contributed by atoms with Gasteiger partial charge in [-0.15, -0.1) is 11.3 Å². The van der Waals surface area contributed by atoms with Gasteiger partial charge >= 0.3 is 0 Å². The third-order valence-electron chi connectivity index (χ3n) is 2.19. The van der Waals surface area contributed by atoms with Crippen LogP contribution >= 0.6 is 27.3 Å². The van der Waals surface area contributed by atoms with Gasteiger partial charge in [0.1, 0.15) is 0 Å². The molecule has 14 heavy (non-hydrogen) atoms. The lowest BCUT2D eigenvalue weighted by Gasteiger charge is -1.99. The minimum atomic E-state index is 0.788. The van der Waals surface area contributed by atoms with Crippen molar-refractivity contribution in [1.29, 1.82) is 5.26 Å². The Morgan fingerprint density at radius 2 is 2.29 bits per heavy atom. The van der Waals surface area contributed by atoms with Crippen molar-refractivity contribution in [2.45, 2.75) is 12.3 Å². The standard InChI is InChI=1S/C11H8BrNS/c1-7-6-14-10-3-8(4-12)2-9(5-13)11(7)10/h2-3,6H,4H2,1H3. The third-order valence-corrected chi connectivity index (χ3v) is 3.89. The van der Waals surface area contributed by atoms with Crippen LogP contribution in [0.5, 0.6) is 0 Å². The maximum absolute atomic E-state index is 9.04. The molecule has 0 radical (unpaired) electrons. The van der Waals surface area contributed by atoms with Gasteiger partial charge in [-0.1, -0.05) is 15.9 Å². The lowest BCUT2D eigenvalue weighted by Crippen LogP contribution is -1.83. The SMILES string of the molecule is Cc1csc2cc(CBr)cc(C#N)c12. The summed E-state index contributed by atoms with van der Waals surface area (Å²) in [5.74, 6) is 0. The van der Waals surface area contributed by atoms with Gasteiger partial charge in [-0.05, 0) is 35.6 Å². The molecule has 2 rings (SSSR count). The molecule has 1 heterocycles. The van der Waals surface area contributed by atoms with E-state index < -0.39 is 0 Å². The molecule has 3 heteroatoms.